The van der Waals surface area contributed by atoms with E-state index in [1.165, 1.54) is 18.9 Å². The molecule has 0 aliphatic carbocycles. The van der Waals surface area contributed by atoms with E-state index in [4.69, 9.17) is 4.43 Å². The third kappa shape index (κ3) is 7.71. The van der Waals surface area contributed by atoms with E-state index >= 15 is 0 Å². The standard InChI is InChI=1S/C10H23BrOSi/c1-5-6-9-13(3,4)12-10(2)7-8-11/h10H,5-9H2,1-4H3. The minimum atomic E-state index is -1.35. The first-order valence-corrected chi connectivity index (χ1v) is 9.49. The van der Waals surface area contributed by atoms with Gasteiger partial charge in [0, 0.05) is 11.4 Å². The van der Waals surface area contributed by atoms with Crippen molar-refractivity contribution in [2.45, 2.75) is 58.4 Å². The molecule has 0 rings (SSSR count). The summed E-state index contributed by atoms with van der Waals surface area (Å²) in [6.07, 6.45) is 4.16. The summed E-state index contributed by atoms with van der Waals surface area (Å²) in [4.78, 5) is 0. The lowest BCUT2D eigenvalue weighted by atomic mass is 10.3. The van der Waals surface area contributed by atoms with Gasteiger partial charge in [-0.3, -0.25) is 0 Å². The van der Waals surface area contributed by atoms with E-state index in [0.717, 1.165) is 11.8 Å². The summed E-state index contributed by atoms with van der Waals surface area (Å²) in [6.45, 7) is 9.08. The molecule has 1 nitrogen and oxygen atoms in total. The van der Waals surface area contributed by atoms with Crippen LogP contribution in [0.4, 0.5) is 0 Å². The zero-order valence-electron chi connectivity index (χ0n) is 9.40. The molecule has 0 radical (unpaired) electrons. The molecule has 0 heterocycles. The van der Waals surface area contributed by atoms with Gasteiger partial charge in [0.1, 0.15) is 0 Å². The first-order valence-electron chi connectivity index (χ1n) is 5.25. The molecule has 80 valence electrons. The Bertz CT molecular complexity index is 128. The zero-order valence-corrected chi connectivity index (χ0v) is 12.0. The van der Waals surface area contributed by atoms with Gasteiger partial charge < -0.3 is 4.43 Å². The van der Waals surface area contributed by atoms with Gasteiger partial charge in [-0.2, -0.15) is 0 Å². The van der Waals surface area contributed by atoms with Gasteiger partial charge in [-0.1, -0.05) is 35.7 Å². The molecular weight excluding hydrogens is 244 g/mol. The summed E-state index contributed by atoms with van der Waals surface area (Å²) in [5.41, 5.74) is 0. The Morgan fingerprint density at radius 2 is 2.00 bits per heavy atom. The van der Waals surface area contributed by atoms with Gasteiger partial charge in [-0.25, -0.2) is 0 Å². The van der Waals surface area contributed by atoms with Crippen LogP contribution in [0.3, 0.4) is 0 Å². The molecule has 0 saturated carbocycles. The summed E-state index contributed by atoms with van der Waals surface area (Å²) >= 11 is 3.45. The van der Waals surface area contributed by atoms with E-state index in [1.807, 2.05) is 0 Å². The van der Waals surface area contributed by atoms with Crippen molar-refractivity contribution >= 4 is 24.2 Å². The average molecular weight is 267 g/mol. The second-order valence-corrected chi connectivity index (χ2v) is 9.32. The lowest BCUT2D eigenvalue weighted by Gasteiger charge is -2.27. The van der Waals surface area contributed by atoms with Crippen molar-refractivity contribution in [3.05, 3.63) is 0 Å². The monoisotopic (exact) mass is 266 g/mol. The third-order valence-electron chi connectivity index (χ3n) is 2.17. The van der Waals surface area contributed by atoms with Crippen LogP contribution in [0.15, 0.2) is 0 Å². The fourth-order valence-electron chi connectivity index (χ4n) is 1.42. The number of rotatable bonds is 7. The molecule has 0 fully saturated rings. The molecule has 3 heteroatoms. The highest BCUT2D eigenvalue weighted by molar-refractivity contribution is 9.09. The van der Waals surface area contributed by atoms with Gasteiger partial charge in [0.2, 0.25) is 0 Å². The number of unbranched alkanes of at least 4 members (excludes halogenated alkanes) is 1. The highest BCUT2D eigenvalue weighted by Gasteiger charge is 2.23. The number of hydrogen-bond acceptors (Lipinski definition) is 1. The van der Waals surface area contributed by atoms with Crippen LogP contribution in [-0.2, 0) is 4.43 Å². The lowest BCUT2D eigenvalue weighted by Crippen LogP contribution is -2.34. The minimum absolute atomic E-state index is 0.429. The smallest absolute Gasteiger partial charge is 0.187 e. The van der Waals surface area contributed by atoms with Crippen LogP contribution in [0.2, 0.25) is 19.1 Å². The van der Waals surface area contributed by atoms with Crippen LogP contribution in [0.5, 0.6) is 0 Å². The fraction of sp³-hybridized carbons (Fsp3) is 1.00. The fourth-order valence-corrected chi connectivity index (χ4v) is 4.59. The summed E-state index contributed by atoms with van der Waals surface area (Å²) in [6, 6.07) is 1.30. The van der Waals surface area contributed by atoms with E-state index in [9.17, 15) is 0 Å². The number of alkyl halides is 1. The highest BCUT2D eigenvalue weighted by atomic mass is 79.9. The van der Waals surface area contributed by atoms with Crippen molar-refractivity contribution in [3.63, 3.8) is 0 Å². The molecule has 0 aromatic heterocycles. The molecule has 0 aromatic rings. The first kappa shape index (κ1) is 13.7. The Balaban J connectivity index is 3.71. The molecule has 1 unspecified atom stereocenters. The Morgan fingerprint density at radius 3 is 2.46 bits per heavy atom. The molecule has 13 heavy (non-hydrogen) atoms. The maximum Gasteiger partial charge on any atom is 0.187 e. The molecule has 0 spiro atoms. The van der Waals surface area contributed by atoms with E-state index in [1.54, 1.807) is 0 Å². The van der Waals surface area contributed by atoms with Gasteiger partial charge in [-0.15, -0.1) is 0 Å². The summed E-state index contributed by atoms with van der Waals surface area (Å²) in [5, 5.41) is 1.05. The molecule has 0 amide bonds. The van der Waals surface area contributed by atoms with Gasteiger partial charge in [0.05, 0.1) is 0 Å². The predicted octanol–water partition coefficient (Wildman–Crippen LogP) is 4.18. The molecule has 0 saturated heterocycles. The summed E-state index contributed by atoms with van der Waals surface area (Å²) in [5.74, 6) is 0. The normalized spacial score (nSPS) is 14.5. The highest BCUT2D eigenvalue weighted by Crippen LogP contribution is 2.18. The maximum atomic E-state index is 6.09. The average Bonchev–Trinajstić information content (AvgIpc) is 2.00. The van der Waals surface area contributed by atoms with Crippen LogP contribution in [0.25, 0.3) is 0 Å². The van der Waals surface area contributed by atoms with E-state index in [2.05, 4.69) is 42.9 Å². The van der Waals surface area contributed by atoms with Crippen LogP contribution in [-0.4, -0.2) is 19.8 Å². The van der Waals surface area contributed by atoms with Gasteiger partial charge in [0.15, 0.2) is 8.32 Å². The van der Waals surface area contributed by atoms with E-state index < -0.39 is 8.32 Å². The van der Waals surface area contributed by atoms with Gasteiger partial charge in [0.25, 0.3) is 0 Å². The predicted molar refractivity (Wildman–Crippen MR) is 66.2 cm³/mol. The number of halogens is 1. The molecule has 0 aliphatic heterocycles. The Hall–Kier alpha value is 0.657. The Kier molecular flexibility index (Phi) is 7.37. The first-order chi connectivity index (χ1) is 6.02. The van der Waals surface area contributed by atoms with Crippen LogP contribution in [0, 0.1) is 0 Å². The van der Waals surface area contributed by atoms with Crippen molar-refractivity contribution < 1.29 is 4.43 Å². The van der Waals surface area contributed by atoms with Crippen molar-refractivity contribution in [2.24, 2.45) is 0 Å². The molecule has 0 aromatic carbocycles. The second kappa shape index (κ2) is 7.02. The Morgan fingerprint density at radius 1 is 1.38 bits per heavy atom. The zero-order chi connectivity index (χ0) is 10.3. The van der Waals surface area contributed by atoms with E-state index in [0.29, 0.717) is 6.10 Å². The van der Waals surface area contributed by atoms with Crippen LogP contribution < -0.4 is 0 Å². The second-order valence-electron chi connectivity index (χ2n) is 4.27. The van der Waals surface area contributed by atoms with Gasteiger partial charge in [-0.05, 0) is 32.5 Å². The lowest BCUT2D eigenvalue weighted by molar-refractivity contribution is 0.208. The Labute approximate surface area is 92.5 Å². The van der Waals surface area contributed by atoms with Crippen LogP contribution >= 0.6 is 15.9 Å². The van der Waals surface area contributed by atoms with Crippen LogP contribution in [0.1, 0.15) is 33.1 Å². The molecule has 0 aliphatic rings. The molecule has 0 N–H and O–H groups in total. The number of hydrogen-bond donors (Lipinski definition) is 0. The van der Waals surface area contributed by atoms with Crippen molar-refractivity contribution in [1.82, 2.24) is 0 Å². The summed E-state index contributed by atoms with van der Waals surface area (Å²) < 4.78 is 6.09. The molecular formula is C10H23BrOSi. The minimum Gasteiger partial charge on any atom is -0.415 e. The maximum absolute atomic E-state index is 6.09. The van der Waals surface area contributed by atoms with Crippen molar-refractivity contribution in [2.75, 3.05) is 5.33 Å². The topological polar surface area (TPSA) is 9.23 Å². The van der Waals surface area contributed by atoms with Crippen molar-refractivity contribution in [3.8, 4) is 0 Å². The van der Waals surface area contributed by atoms with E-state index in [-0.39, 0.29) is 0 Å². The quantitative estimate of drug-likeness (QED) is 0.496. The molecule has 0 bridgehead atoms. The largest absolute Gasteiger partial charge is 0.415 e. The summed E-state index contributed by atoms with van der Waals surface area (Å²) in [7, 11) is -1.35. The molecule has 1 atom stereocenters. The van der Waals surface area contributed by atoms with Crippen molar-refractivity contribution in [1.29, 1.82) is 0 Å². The van der Waals surface area contributed by atoms with Gasteiger partial charge >= 0.3 is 0 Å². The third-order valence-corrected chi connectivity index (χ3v) is 5.22. The SMILES string of the molecule is CCCC[Si](C)(C)OC(C)CCBr.